The summed E-state index contributed by atoms with van der Waals surface area (Å²) in [4.78, 5) is 13.3. The summed E-state index contributed by atoms with van der Waals surface area (Å²) in [7, 11) is 0. The van der Waals surface area contributed by atoms with Crippen LogP contribution >= 0.6 is 23.2 Å². The van der Waals surface area contributed by atoms with Crippen LogP contribution in [0.4, 0.5) is 0 Å². The Kier molecular flexibility index (Phi) is 4.15. The van der Waals surface area contributed by atoms with Crippen molar-refractivity contribution in [3.05, 3.63) is 33.3 Å². The van der Waals surface area contributed by atoms with Gasteiger partial charge in [0.2, 0.25) is 6.08 Å². The summed E-state index contributed by atoms with van der Waals surface area (Å²) in [5.74, 6) is 0. The molecular weight excluding hydrogens is 221 g/mol. The van der Waals surface area contributed by atoms with Crippen LogP contribution in [0.5, 0.6) is 0 Å². The zero-order valence-corrected chi connectivity index (χ0v) is 9.19. The van der Waals surface area contributed by atoms with Gasteiger partial charge in [-0.2, -0.15) is 0 Å². The van der Waals surface area contributed by atoms with Crippen LogP contribution in [-0.2, 0) is 11.2 Å². The van der Waals surface area contributed by atoms with Crippen LogP contribution in [0.2, 0.25) is 10.0 Å². The lowest BCUT2D eigenvalue weighted by molar-refractivity contribution is 0.563. The maximum atomic E-state index is 9.86. The minimum atomic E-state index is 0.367. The van der Waals surface area contributed by atoms with Gasteiger partial charge in [-0.3, -0.25) is 0 Å². The molecule has 1 aromatic rings. The molecule has 0 bridgehead atoms. The van der Waals surface area contributed by atoms with E-state index in [1.165, 1.54) is 6.08 Å². The fraction of sp³-hybridized carbons (Fsp3) is 0.300. The summed E-state index contributed by atoms with van der Waals surface area (Å²) in [5.41, 5.74) is 1.85. The highest BCUT2D eigenvalue weighted by atomic mass is 35.5. The largest absolute Gasteiger partial charge is 0.234 e. The number of rotatable bonds is 3. The minimum absolute atomic E-state index is 0.367. The quantitative estimate of drug-likeness (QED) is 0.579. The second kappa shape index (κ2) is 5.16. The Morgan fingerprint density at radius 2 is 1.93 bits per heavy atom. The van der Waals surface area contributed by atoms with Gasteiger partial charge < -0.3 is 0 Å². The first-order chi connectivity index (χ1) is 6.65. The van der Waals surface area contributed by atoms with Crippen molar-refractivity contribution in [2.45, 2.75) is 13.3 Å². The molecule has 2 nitrogen and oxygen atoms in total. The van der Waals surface area contributed by atoms with Crippen LogP contribution in [0, 0.1) is 6.92 Å². The van der Waals surface area contributed by atoms with E-state index in [1.807, 2.05) is 19.1 Å². The summed E-state index contributed by atoms with van der Waals surface area (Å²) < 4.78 is 0. The van der Waals surface area contributed by atoms with Crippen molar-refractivity contribution in [2.24, 2.45) is 4.99 Å². The van der Waals surface area contributed by atoms with Gasteiger partial charge in [0.15, 0.2) is 0 Å². The Labute approximate surface area is 92.6 Å². The predicted octanol–water partition coefficient (Wildman–Crippen LogP) is 3.18. The zero-order chi connectivity index (χ0) is 10.6. The molecule has 0 aliphatic rings. The molecule has 0 saturated carbocycles. The number of isocyanates is 1. The third-order valence-corrected chi connectivity index (χ3v) is 2.50. The molecule has 0 fully saturated rings. The van der Waals surface area contributed by atoms with E-state index in [0.717, 1.165) is 11.1 Å². The van der Waals surface area contributed by atoms with Crippen LogP contribution in [0.15, 0.2) is 17.1 Å². The molecule has 0 radical (unpaired) electrons. The molecule has 0 amide bonds. The van der Waals surface area contributed by atoms with Gasteiger partial charge in [-0.05, 0) is 36.6 Å². The molecule has 0 heterocycles. The number of aliphatic imine (C=N–C) groups is 1. The smallest absolute Gasteiger partial charge is 0.211 e. The number of benzene rings is 1. The molecule has 14 heavy (non-hydrogen) atoms. The monoisotopic (exact) mass is 229 g/mol. The molecule has 0 unspecified atom stereocenters. The number of hydrogen-bond acceptors (Lipinski definition) is 2. The predicted molar refractivity (Wildman–Crippen MR) is 57.9 cm³/mol. The summed E-state index contributed by atoms with van der Waals surface area (Å²) >= 11 is 12.0. The molecule has 0 spiro atoms. The Bertz CT molecular complexity index is 361. The average molecular weight is 230 g/mol. The highest BCUT2D eigenvalue weighted by molar-refractivity contribution is 6.36. The molecule has 0 N–H and O–H groups in total. The third-order valence-electron chi connectivity index (χ3n) is 1.82. The first-order valence-corrected chi connectivity index (χ1v) is 4.89. The zero-order valence-electron chi connectivity index (χ0n) is 7.68. The molecule has 74 valence electrons. The van der Waals surface area contributed by atoms with Crippen LogP contribution in [-0.4, -0.2) is 12.6 Å². The lowest BCUT2D eigenvalue weighted by Crippen LogP contribution is -1.93. The van der Waals surface area contributed by atoms with Gasteiger partial charge in [0, 0.05) is 10.0 Å². The van der Waals surface area contributed by atoms with E-state index < -0.39 is 0 Å². The van der Waals surface area contributed by atoms with Gasteiger partial charge in [0.05, 0.1) is 6.54 Å². The van der Waals surface area contributed by atoms with Gasteiger partial charge in [-0.15, -0.1) is 0 Å². The standard InChI is InChI=1S/C10H9Cl2NO/c1-7-4-9(11)8(10(12)5-7)2-3-13-6-14/h4-5H,2-3H2,1H3. The molecule has 0 saturated heterocycles. The molecule has 1 aromatic carbocycles. The summed E-state index contributed by atoms with van der Waals surface area (Å²) in [6.07, 6.45) is 2.04. The molecule has 4 heteroatoms. The third kappa shape index (κ3) is 2.85. The van der Waals surface area contributed by atoms with Gasteiger partial charge >= 0.3 is 0 Å². The molecule has 0 atom stereocenters. The highest BCUT2D eigenvalue weighted by Crippen LogP contribution is 2.26. The lowest BCUT2D eigenvalue weighted by atomic mass is 10.1. The van der Waals surface area contributed by atoms with Gasteiger partial charge in [0.25, 0.3) is 0 Å². The van der Waals surface area contributed by atoms with Crippen LogP contribution < -0.4 is 0 Å². The van der Waals surface area contributed by atoms with Crippen molar-refractivity contribution in [2.75, 3.05) is 6.54 Å². The van der Waals surface area contributed by atoms with Gasteiger partial charge in [-0.1, -0.05) is 23.2 Å². The molecule has 0 aliphatic heterocycles. The van der Waals surface area contributed by atoms with E-state index in [1.54, 1.807) is 0 Å². The first kappa shape index (κ1) is 11.3. The van der Waals surface area contributed by atoms with E-state index >= 15 is 0 Å². The summed E-state index contributed by atoms with van der Waals surface area (Å²) in [5, 5.41) is 1.24. The van der Waals surface area contributed by atoms with Crippen molar-refractivity contribution >= 4 is 29.3 Å². The number of aryl methyl sites for hydroxylation is 1. The average Bonchev–Trinajstić information content (AvgIpc) is 2.09. The number of hydrogen-bond donors (Lipinski definition) is 0. The Morgan fingerprint density at radius 1 is 1.36 bits per heavy atom. The van der Waals surface area contributed by atoms with Crippen LogP contribution in [0.25, 0.3) is 0 Å². The molecule has 0 aliphatic carbocycles. The maximum Gasteiger partial charge on any atom is 0.234 e. The van der Waals surface area contributed by atoms with Crippen molar-refractivity contribution in [1.29, 1.82) is 0 Å². The molecule has 1 rings (SSSR count). The Morgan fingerprint density at radius 3 is 2.43 bits per heavy atom. The van der Waals surface area contributed by atoms with Crippen LogP contribution in [0.3, 0.4) is 0 Å². The van der Waals surface area contributed by atoms with Crippen molar-refractivity contribution in [3.63, 3.8) is 0 Å². The second-order valence-electron chi connectivity index (χ2n) is 2.93. The fourth-order valence-corrected chi connectivity index (χ4v) is 1.97. The van der Waals surface area contributed by atoms with E-state index in [-0.39, 0.29) is 0 Å². The van der Waals surface area contributed by atoms with E-state index in [2.05, 4.69) is 4.99 Å². The lowest BCUT2D eigenvalue weighted by Gasteiger charge is -2.06. The summed E-state index contributed by atoms with van der Waals surface area (Å²) in [6.45, 7) is 2.29. The maximum absolute atomic E-state index is 9.86. The number of carbonyl (C=O) groups excluding carboxylic acids is 1. The van der Waals surface area contributed by atoms with Gasteiger partial charge in [-0.25, -0.2) is 9.79 Å². The van der Waals surface area contributed by atoms with Crippen LogP contribution in [0.1, 0.15) is 11.1 Å². The van der Waals surface area contributed by atoms with Crippen molar-refractivity contribution < 1.29 is 4.79 Å². The van der Waals surface area contributed by atoms with E-state index in [0.29, 0.717) is 23.0 Å². The van der Waals surface area contributed by atoms with Crippen molar-refractivity contribution in [1.82, 2.24) is 0 Å². The van der Waals surface area contributed by atoms with Gasteiger partial charge in [0.1, 0.15) is 0 Å². The first-order valence-electron chi connectivity index (χ1n) is 4.13. The minimum Gasteiger partial charge on any atom is -0.211 e. The fourth-order valence-electron chi connectivity index (χ4n) is 1.18. The topological polar surface area (TPSA) is 29.4 Å². The van der Waals surface area contributed by atoms with Crippen molar-refractivity contribution in [3.8, 4) is 0 Å². The normalized spacial score (nSPS) is 9.64. The second-order valence-corrected chi connectivity index (χ2v) is 3.74. The Hall–Kier alpha value is -0.820. The SMILES string of the molecule is Cc1cc(Cl)c(CCN=C=O)c(Cl)c1. The number of nitrogens with zero attached hydrogens (tertiary/aromatic N) is 1. The number of halogens is 2. The highest BCUT2D eigenvalue weighted by Gasteiger charge is 2.05. The summed E-state index contributed by atoms with van der Waals surface area (Å²) in [6, 6.07) is 3.68. The van der Waals surface area contributed by atoms with E-state index in [9.17, 15) is 4.79 Å². The Balaban J connectivity index is 2.90. The van der Waals surface area contributed by atoms with E-state index in [4.69, 9.17) is 23.2 Å². The molecule has 0 aromatic heterocycles. The molecular formula is C10H9Cl2NO.